The standard InChI is InChI=1S/C17H15N3O5.C14H22N4.C10H12O.C6H8/c21-4-3-19-7-9-5-11-12(6-10(9)8-19)17(25)20(16(11)24)13-1-2-14(22)18-15(13)23;1-17-9-3-14(4-10-17)5-11-18(12-6-14)13-15-7-2-8-16-13;11-10-6-5-8-3-1-2-4-9(8)7-10;1-2-4-6-5-3-1/h4-6,13H,1-3,7-8H2,(H,18,22,23);2,7-8H,3-6,9-12H2,1H3;5-7,11H,1-4H2;1-4H,5-6H2. The average molecular weight is 816 g/mol. The molecule has 1 unspecified atom stereocenters. The van der Waals surface area contributed by atoms with Gasteiger partial charge >= 0.3 is 0 Å². The van der Waals surface area contributed by atoms with E-state index in [0.717, 1.165) is 47.8 Å². The van der Waals surface area contributed by atoms with Crippen LogP contribution in [-0.2, 0) is 40.3 Å². The smallest absolute Gasteiger partial charge is 0.262 e. The Kier molecular flexibility index (Phi) is 14.0. The van der Waals surface area contributed by atoms with Crippen LogP contribution in [0.5, 0.6) is 5.75 Å². The summed E-state index contributed by atoms with van der Waals surface area (Å²) in [6, 6.07) is 10.0. The first kappa shape index (κ1) is 42.6. The number of hydrogen-bond acceptors (Lipinski definition) is 11. The average Bonchev–Trinajstić information content (AvgIpc) is 3.78. The quantitative estimate of drug-likeness (QED) is 0.252. The van der Waals surface area contributed by atoms with Gasteiger partial charge < -0.3 is 19.7 Å². The van der Waals surface area contributed by atoms with E-state index in [0.29, 0.717) is 30.8 Å². The molecule has 2 aliphatic carbocycles. The van der Waals surface area contributed by atoms with Gasteiger partial charge in [-0.3, -0.25) is 34.3 Å². The summed E-state index contributed by atoms with van der Waals surface area (Å²) >= 11 is 0. The van der Waals surface area contributed by atoms with E-state index in [4.69, 9.17) is 0 Å². The third-order valence-corrected chi connectivity index (χ3v) is 12.8. The van der Waals surface area contributed by atoms with Crippen molar-refractivity contribution in [1.82, 2.24) is 30.0 Å². The maximum atomic E-state index is 12.7. The number of carbonyl (C=O) groups is 5. The summed E-state index contributed by atoms with van der Waals surface area (Å²) in [4.78, 5) is 75.8. The molecule has 7 aliphatic rings. The number of benzene rings is 2. The van der Waals surface area contributed by atoms with E-state index in [1.165, 1.54) is 82.0 Å². The van der Waals surface area contributed by atoms with Crippen LogP contribution in [0.3, 0.4) is 0 Å². The van der Waals surface area contributed by atoms with Gasteiger partial charge in [0, 0.05) is 45.0 Å². The molecule has 1 aromatic heterocycles. The number of likely N-dealkylation sites (tertiary alicyclic amines) is 1. The number of nitrogens with one attached hydrogen (secondary N) is 1. The molecule has 60 heavy (non-hydrogen) atoms. The summed E-state index contributed by atoms with van der Waals surface area (Å²) in [6.07, 6.45) is 26.0. The molecule has 2 N–H and O–H groups in total. The fourth-order valence-corrected chi connectivity index (χ4v) is 9.16. The number of allylic oxidation sites excluding steroid dienone is 4. The molecule has 3 saturated heterocycles. The molecule has 2 aromatic carbocycles. The Balaban J connectivity index is 0.000000135. The molecule has 13 nitrogen and oxygen atoms in total. The van der Waals surface area contributed by atoms with Crippen molar-refractivity contribution in [2.75, 3.05) is 44.7 Å². The SMILES string of the molecule is C1=CCCC=C1.CN1CCC2(CC1)CCN(c1ncccn1)CC2.O=CCN1Cc2cc3c(cc2C1)C(=O)N(C1CCC(=O)NC1=O)C3=O.Oc1ccc2c(c1)CCCC2. The lowest BCUT2D eigenvalue weighted by Gasteiger charge is -2.46. The molecule has 10 rings (SSSR count). The molecule has 3 aromatic rings. The van der Waals surface area contributed by atoms with Gasteiger partial charge in [0.05, 0.1) is 17.7 Å². The number of amides is 4. The highest BCUT2D eigenvalue weighted by molar-refractivity contribution is 6.23. The Labute approximate surface area is 352 Å². The summed E-state index contributed by atoms with van der Waals surface area (Å²) in [7, 11) is 2.24. The largest absolute Gasteiger partial charge is 0.508 e. The summed E-state index contributed by atoms with van der Waals surface area (Å²) in [6.45, 7) is 6.15. The van der Waals surface area contributed by atoms with Crippen LogP contribution in [-0.4, -0.2) is 106 Å². The molecule has 6 heterocycles. The van der Waals surface area contributed by atoms with Crippen molar-refractivity contribution < 1.29 is 29.1 Å². The second-order valence-electron chi connectivity index (χ2n) is 16.9. The van der Waals surface area contributed by atoms with Gasteiger partial charge in [0.15, 0.2) is 0 Å². The Morgan fingerprint density at radius 2 is 1.38 bits per heavy atom. The molecule has 13 heteroatoms. The third kappa shape index (κ3) is 10.2. The summed E-state index contributed by atoms with van der Waals surface area (Å²) in [5.41, 5.74) is 5.75. The van der Waals surface area contributed by atoms with E-state index in [1.54, 1.807) is 18.2 Å². The third-order valence-electron chi connectivity index (χ3n) is 12.8. The van der Waals surface area contributed by atoms with Crippen LogP contribution in [0.15, 0.2) is 73.1 Å². The minimum absolute atomic E-state index is 0.0982. The number of nitrogens with zero attached hydrogens (tertiary/aromatic N) is 6. The topological polar surface area (TPSA) is 156 Å². The van der Waals surface area contributed by atoms with E-state index < -0.39 is 29.7 Å². The number of fused-ring (bicyclic) bond motifs is 3. The second-order valence-corrected chi connectivity index (χ2v) is 16.9. The second kappa shape index (κ2) is 19.7. The van der Waals surface area contributed by atoms with Gasteiger partial charge in [-0.25, -0.2) is 9.97 Å². The van der Waals surface area contributed by atoms with Gasteiger partial charge in [-0.2, -0.15) is 0 Å². The Morgan fingerprint density at radius 3 is 1.95 bits per heavy atom. The van der Waals surface area contributed by atoms with Crippen LogP contribution in [0.4, 0.5) is 5.95 Å². The van der Waals surface area contributed by atoms with Gasteiger partial charge in [0.1, 0.15) is 18.1 Å². The van der Waals surface area contributed by atoms with Gasteiger partial charge in [0.25, 0.3) is 11.8 Å². The number of phenolic OH excluding ortho intramolecular Hbond substituents is 1. The highest BCUT2D eigenvalue weighted by Crippen LogP contribution is 2.41. The monoisotopic (exact) mass is 815 g/mol. The number of rotatable bonds is 4. The number of aldehydes is 1. The minimum Gasteiger partial charge on any atom is -0.508 e. The van der Waals surface area contributed by atoms with Gasteiger partial charge in [-0.05, 0) is 149 Å². The van der Waals surface area contributed by atoms with Crippen LogP contribution in [0.25, 0.3) is 0 Å². The fourth-order valence-electron chi connectivity index (χ4n) is 9.16. The van der Waals surface area contributed by atoms with Crippen LogP contribution >= 0.6 is 0 Å². The summed E-state index contributed by atoms with van der Waals surface area (Å²) in [5, 5.41) is 11.4. The molecule has 1 atom stereocenters. The zero-order chi connectivity index (χ0) is 42.1. The molecule has 316 valence electrons. The maximum absolute atomic E-state index is 12.7. The highest BCUT2D eigenvalue weighted by Gasteiger charge is 2.45. The lowest BCUT2D eigenvalue weighted by molar-refractivity contribution is -0.136. The van der Waals surface area contributed by atoms with Crippen molar-refractivity contribution in [2.45, 2.75) is 96.2 Å². The lowest BCUT2D eigenvalue weighted by atomic mass is 9.71. The molecule has 1 spiro atoms. The van der Waals surface area contributed by atoms with Crippen LogP contribution < -0.4 is 10.2 Å². The van der Waals surface area contributed by atoms with Crippen molar-refractivity contribution in [3.05, 3.63) is 106 Å². The molecule has 0 saturated carbocycles. The predicted octanol–water partition coefficient (Wildman–Crippen LogP) is 5.55. The van der Waals surface area contributed by atoms with Crippen molar-refractivity contribution >= 4 is 35.9 Å². The minimum atomic E-state index is -0.952. The fraction of sp³-hybridized carbons (Fsp3) is 0.468. The molecule has 5 aliphatic heterocycles. The number of aryl methyl sites for hydroxylation is 2. The Morgan fingerprint density at radius 1 is 0.783 bits per heavy atom. The molecule has 0 bridgehead atoms. The number of hydrogen-bond donors (Lipinski definition) is 2. The van der Waals surface area contributed by atoms with E-state index in [9.17, 15) is 29.1 Å². The number of piperidine rings is 3. The van der Waals surface area contributed by atoms with Crippen LogP contribution in [0, 0.1) is 5.41 Å². The van der Waals surface area contributed by atoms with E-state index in [2.05, 4.69) is 56.4 Å². The zero-order valence-corrected chi connectivity index (χ0v) is 34.7. The number of anilines is 1. The number of aromatic nitrogens is 2. The van der Waals surface area contributed by atoms with E-state index >= 15 is 0 Å². The molecule has 0 radical (unpaired) electrons. The van der Waals surface area contributed by atoms with Gasteiger partial charge in [-0.1, -0.05) is 30.4 Å². The molecular weight excluding hydrogens is 759 g/mol. The number of imide groups is 2. The predicted molar refractivity (Wildman–Crippen MR) is 228 cm³/mol. The normalized spacial score (nSPS) is 21.6. The van der Waals surface area contributed by atoms with Gasteiger partial charge in [0.2, 0.25) is 17.8 Å². The highest BCUT2D eigenvalue weighted by atomic mass is 16.3. The first-order valence-corrected chi connectivity index (χ1v) is 21.5. The molecule has 3 fully saturated rings. The van der Waals surface area contributed by atoms with Crippen LogP contribution in [0.2, 0.25) is 0 Å². The Hall–Kier alpha value is -5.53. The van der Waals surface area contributed by atoms with Crippen LogP contribution in [0.1, 0.15) is 107 Å². The number of carbonyl (C=O) groups excluding carboxylic acids is 5. The van der Waals surface area contributed by atoms with Crippen molar-refractivity contribution in [3.63, 3.8) is 0 Å². The van der Waals surface area contributed by atoms with Crippen molar-refractivity contribution in [3.8, 4) is 5.75 Å². The molecular formula is C47H57N7O6. The van der Waals surface area contributed by atoms with E-state index in [1.807, 2.05) is 35.5 Å². The van der Waals surface area contributed by atoms with Gasteiger partial charge in [-0.15, -0.1) is 0 Å². The van der Waals surface area contributed by atoms with Crippen molar-refractivity contribution in [1.29, 1.82) is 0 Å². The first-order valence-electron chi connectivity index (χ1n) is 21.5. The number of aromatic hydroxyl groups is 1. The zero-order valence-electron chi connectivity index (χ0n) is 34.7. The number of phenols is 1. The maximum Gasteiger partial charge on any atom is 0.262 e. The lowest BCUT2D eigenvalue weighted by Crippen LogP contribution is -2.54. The Bertz CT molecular complexity index is 2040. The summed E-state index contributed by atoms with van der Waals surface area (Å²) in [5.74, 6) is -0.717. The first-order chi connectivity index (χ1) is 29.1. The van der Waals surface area contributed by atoms with Crippen molar-refractivity contribution in [2.24, 2.45) is 5.41 Å². The molecule has 4 amide bonds. The summed E-state index contributed by atoms with van der Waals surface area (Å²) < 4.78 is 0. The van der Waals surface area contributed by atoms with E-state index in [-0.39, 0.29) is 24.0 Å².